The van der Waals surface area contributed by atoms with E-state index in [1.807, 2.05) is 19.9 Å². The van der Waals surface area contributed by atoms with E-state index in [-0.39, 0.29) is 6.04 Å². The third-order valence-corrected chi connectivity index (χ3v) is 2.42. The summed E-state index contributed by atoms with van der Waals surface area (Å²) >= 11 is 0. The van der Waals surface area contributed by atoms with Crippen LogP contribution in [-0.4, -0.2) is 19.2 Å². The molecule has 17 heavy (non-hydrogen) atoms. The van der Waals surface area contributed by atoms with Crippen LogP contribution in [0, 0.1) is 13.8 Å². The molecule has 0 aliphatic carbocycles. The molecule has 1 aromatic rings. The standard InChI is InChI=1S/C14H20N2O/c1-10(2)16-9-15-8-13-12(4)6-11(3)7-14(13)17-5/h6-7,10H,8H2,1-5H3. The molecule has 0 amide bonds. The highest BCUT2D eigenvalue weighted by Gasteiger charge is 2.06. The quantitative estimate of drug-likeness (QED) is 0.732. The summed E-state index contributed by atoms with van der Waals surface area (Å²) in [6, 6.07) is 7.11. The van der Waals surface area contributed by atoms with Crippen LogP contribution >= 0.6 is 0 Å². The average molecular weight is 232 g/mol. The minimum absolute atomic E-state index is 0.236. The largest absolute Gasteiger partial charge is 0.496 e. The first kappa shape index (κ1) is 13.5. The molecule has 0 heterocycles. The molecule has 0 N–H and O–H groups in total. The van der Waals surface area contributed by atoms with Gasteiger partial charge in [0.2, 0.25) is 0 Å². The van der Waals surface area contributed by atoms with Gasteiger partial charge in [-0.05, 0) is 44.9 Å². The summed E-state index contributed by atoms with van der Waals surface area (Å²) in [4.78, 5) is 8.27. The molecule has 0 radical (unpaired) electrons. The molecule has 0 fully saturated rings. The van der Waals surface area contributed by atoms with Gasteiger partial charge in [-0.2, -0.15) is 0 Å². The average Bonchev–Trinajstić information content (AvgIpc) is 2.25. The summed E-state index contributed by atoms with van der Waals surface area (Å²) in [5, 5.41) is 0. The van der Waals surface area contributed by atoms with Crippen molar-refractivity contribution in [3.05, 3.63) is 28.8 Å². The Bertz CT molecular complexity index is 444. The fourth-order valence-electron chi connectivity index (χ4n) is 1.61. The van der Waals surface area contributed by atoms with E-state index >= 15 is 0 Å². The maximum absolute atomic E-state index is 5.37. The third kappa shape index (κ3) is 4.04. The molecule has 0 aliphatic heterocycles. The van der Waals surface area contributed by atoms with E-state index in [4.69, 9.17) is 4.74 Å². The smallest absolute Gasteiger partial charge is 0.124 e. The zero-order valence-corrected chi connectivity index (χ0v) is 11.2. The number of nitrogens with zero attached hydrogens (tertiary/aromatic N) is 2. The van der Waals surface area contributed by atoms with E-state index in [0.29, 0.717) is 6.54 Å². The molecule has 0 spiro atoms. The van der Waals surface area contributed by atoms with E-state index in [0.717, 1.165) is 11.3 Å². The zero-order chi connectivity index (χ0) is 12.8. The molecular weight excluding hydrogens is 212 g/mol. The third-order valence-electron chi connectivity index (χ3n) is 2.42. The van der Waals surface area contributed by atoms with E-state index < -0.39 is 0 Å². The fourth-order valence-corrected chi connectivity index (χ4v) is 1.61. The van der Waals surface area contributed by atoms with Gasteiger partial charge in [-0.25, -0.2) is 9.98 Å². The molecule has 92 valence electrons. The Kier molecular flexibility index (Phi) is 4.92. The second kappa shape index (κ2) is 6.21. The van der Waals surface area contributed by atoms with Crippen molar-refractivity contribution in [2.24, 2.45) is 9.98 Å². The molecular formula is C14H20N2O. The van der Waals surface area contributed by atoms with Crippen molar-refractivity contribution in [1.82, 2.24) is 0 Å². The Morgan fingerprint density at radius 1 is 1.29 bits per heavy atom. The van der Waals surface area contributed by atoms with Gasteiger partial charge in [0.25, 0.3) is 0 Å². The van der Waals surface area contributed by atoms with Crippen LogP contribution in [0.2, 0.25) is 0 Å². The monoisotopic (exact) mass is 232 g/mol. The molecule has 0 atom stereocenters. The first-order chi connectivity index (χ1) is 8.04. The predicted molar refractivity (Wildman–Crippen MR) is 71.2 cm³/mol. The second-order valence-corrected chi connectivity index (χ2v) is 4.40. The number of aryl methyl sites for hydroxylation is 2. The Balaban J connectivity index is 2.94. The number of benzene rings is 1. The minimum Gasteiger partial charge on any atom is -0.496 e. The van der Waals surface area contributed by atoms with Crippen LogP contribution in [0.3, 0.4) is 0 Å². The number of methoxy groups -OCH3 is 1. The summed E-state index contributed by atoms with van der Waals surface area (Å²) < 4.78 is 5.37. The molecule has 0 saturated carbocycles. The molecule has 3 nitrogen and oxygen atoms in total. The maximum Gasteiger partial charge on any atom is 0.124 e. The SMILES string of the molecule is COc1cc(C)cc(C)c1CN=C=NC(C)C. The molecule has 0 unspecified atom stereocenters. The van der Waals surface area contributed by atoms with Crippen molar-refractivity contribution in [2.45, 2.75) is 40.3 Å². The number of ether oxygens (including phenoxy) is 1. The van der Waals surface area contributed by atoms with Crippen LogP contribution in [-0.2, 0) is 6.54 Å². The first-order valence-electron chi connectivity index (χ1n) is 5.80. The number of hydrogen-bond donors (Lipinski definition) is 0. The maximum atomic E-state index is 5.37. The summed E-state index contributed by atoms with van der Waals surface area (Å²) in [6.45, 7) is 8.69. The lowest BCUT2D eigenvalue weighted by Gasteiger charge is -2.10. The Morgan fingerprint density at radius 3 is 2.59 bits per heavy atom. The summed E-state index contributed by atoms with van der Waals surface area (Å²) in [6.07, 6.45) is 0. The van der Waals surface area contributed by atoms with E-state index in [1.54, 1.807) is 7.11 Å². The van der Waals surface area contributed by atoms with Crippen LogP contribution < -0.4 is 4.74 Å². The van der Waals surface area contributed by atoms with Gasteiger partial charge in [0.1, 0.15) is 5.75 Å². The number of rotatable bonds is 4. The minimum atomic E-state index is 0.236. The van der Waals surface area contributed by atoms with Crippen molar-refractivity contribution < 1.29 is 4.74 Å². The Morgan fingerprint density at radius 2 is 2.00 bits per heavy atom. The van der Waals surface area contributed by atoms with Crippen molar-refractivity contribution in [1.29, 1.82) is 0 Å². The Hall–Kier alpha value is -1.60. The highest BCUT2D eigenvalue weighted by atomic mass is 16.5. The van der Waals surface area contributed by atoms with Crippen molar-refractivity contribution >= 4 is 6.01 Å². The summed E-state index contributed by atoms with van der Waals surface area (Å²) in [5.41, 5.74) is 3.49. The van der Waals surface area contributed by atoms with Crippen molar-refractivity contribution in [3.8, 4) is 5.75 Å². The lowest BCUT2D eigenvalue weighted by molar-refractivity contribution is 0.409. The molecule has 0 saturated heterocycles. The zero-order valence-electron chi connectivity index (χ0n) is 11.2. The number of hydrogen-bond acceptors (Lipinski definition) is 3. The topological polar surface area (TPSA) is 34.0 Å². The van der Waals surface area contributed by atoms with Gasteiger partial charge in [0.15, 0.2) is 0 Å². The van der Waals surface area contributed by atoms with Crippen LogP contribution in [0.15, 0.2) is 22.1 Å². The molecule has 0 aromatic heterocycles. The van der Waals surface area contributed by atoms with Crippen LogP contribution in [0.5, 0.6) is 5.75 Å². The highest BCUT2D eigenvalue weighted by Crippen LogP contribution is 2.24. The normalized spacial score (nSPS) is 10.0. The van der Waals surface area contributed by atoms with E-state index in [9.17, 15) is 0 Å². The first-order valence-corrected chi connectivity index (χ1v) is 5.80. The Labute approximate surface area is 103 Å². The van der Waals surface area contributed by atoms with Crippen LogP contribution in [0.25, 0.3) is 0 Å². The van der Waals surface area contributed by atoms with Crippen molar-refractivity contribution in [2.75, 3.05) is 7.11 Å². The van der Waals surface area contributed by atoms with Gasteiger partial charge in [-0.3, -0.25) is 0 Å². The lowest BCUT2D eigenvalue weighted by Crippen LogP contribution is -1.95. The van der Waals surface area contributed by atoms with Gasteiger partial charge >= 0.3 is 0 Å². The van der Waals surface area contributed by atoms with Gasteiger partial charge in [-0.15, -0.1) is 0 Å². The molecule has 3 heteroatoms. The molecule has 0 bridgehead atoms. The van der Waals surface area contributed by atoms with Crippen molar-refractivity contribution in [3.63, 3.8) is 0 Å². The van der Waals surface area contributed by atoms with Crippen LogP contribution in [0.1, 0.15) is 30.5 Å². The molecule has 1 rings (SSSR count). The fraction of sp³-hybridized carbons (Fsp3) is 0.500. The van der Waals surface area contributed by atoms with Gasteiger partial charge in [0, 0.05) is 5.56 Å². The van der Waals surface area contributed by atoms with E-state index in [1.165, 1.54) is 11.1 Å². The molecule has 0 aliphatic rings. The lowest BCUT2D eigenvalue weighted by atomic mass is 10.0. The van der Waals surface area contributed by atoms with Gasteiger partial charge < -0.3 is 4.74 Å². The van der Waals surface area contributed by atoms with E-state index in [2.05, 4.69) is 35.9 Å². The second-order valence-electron chi connectivity index (χ2n) is 4.40. The summed E-state index contributed by atoms with van der Waals surface area (Å²) in [7, 11) is 1.68. The van der Waals surface area contributed by atoms with Gasteiger partial charge in [0.05, 0.1) is 25.7 Å². The molecule has 1 aromatic carbocycles. The van der Waals surface area contributed by atoms with Crippen LogP contribution in [0.4, 0.5) is 0 Å². The number of aliphatic imine (C=N–C) groups is 2. The highest BCUT2D eigenvalue weighted by molar-refractivity contribution is 5.46. The van der Waals surface area contributed by atoms with Gasteiger partial charge in [-0.1, -0.05) is 6.07 Å². The summed E-state index contributed by atoms with van der Waals surface area (Å²) in [5.74, 6) is 0.887. The predicted octanol–water partition coefficient (Wildman–Crippen LogP) is 3.39.